The highest BCUT2D eigenvalue weighted by Gasteiger charge is 2.48. The Morgan fingerprint density at radius 2 is 2.04 bits per heavy atom. The number of carbonyl (C=O) groups is 2. The fourth-order valence-electron chi connectivity index (χ4n) is 2.47. The molecule has 2 fully saturated rings. The highest BCUT2D eigenvalue weighted by Crippen LogP contribution is 2.25. The number of rotatable bonds is 6. The Labute approximate surface area is 131 Å². The summed E-state index contributed by atoms with van der Waals surface area (Å²) in [7, 11) is -3.80. The summed E-state index contributed by atoms with van der Waals surface area (Å²) in [4.78, 5) is 25.9. The molecular formula is C11H17F2N3O6S. The third-order valence-electron chi connectivity index (χ3n) is 3.51. The topological polar surface area (TPSA) is 96.5 Å². The van der Waals surface area contributed by atoms with E-state index >= 15 is 0 Å². The lowest BCUT2D eigenvalue weighted by molar-refractivity contribution is -0.142. The molecule has 0 radical (unpaired) electrons. The molecule has 0 aromatic carbocycles. The Hall–Kier alpha value is -1.53. The maximum atomic E-state index is 13.9. The van der Waals surface area contributed by atoms with E-state index in [1.807, 2.05) is 0 Å². The molecule has 2 rings (SSSR count). The van der Waals surface area contributed by atoms with E-state index in [1.165, 1.54) is 9.80 Å². The summed E-state index contributed by atoms with van der Waals surface area (Å²) in [6.45, 7) is -1.18. The number of amides is 2. The first-order chi connectivity index (χ1) is 10.7. The van der Waals surface area contributed by atoms with Crippen LogP contribution in [0.3, 0.4) is 0 Å². The smallest absolute Gasteiger partial charge is 0.438 e. The van der Waals surface area contributed by atoms with Crippen LogP contribution in [0.25, 0.3) is 0 Å². The molecule has 2 atom stereocenters. The Morgan fingerprint density at radius 3 is 2.61 bits per heavy atom. The third kappa shape index (κ3) is 4.26. The minimum atomic E-state index is -3.80. The van der Waals surface area contributed by atoms with Gasteiger partial charge >= 0.3 is 6.09 Å². The van der Waals surface area contributed by atoms with E-state index in [1.54, 1.807) is 0 Å². The van der Waals surface area contributed by atoms with Gasteiger partial charge in [0.15, 0.2) is 12.3 Å². The van der Waals surface area contributed by atoms with Crippen LogP contribution in [0, 0.1) is 0 Å². The standard InChI is InChI=1S/C11H17F2N3O6S/c1-23(19,20)21-7-8-10(16(13)11(18)22-8)15-5-4-14(3-2-12)9(17)6-15/h8,10H,2-7H2,1H3. The predicted molar refractivity (Wildman–Crippen MR) is 71.9 cm³/mol. The van der Waals surface area contributed by atoms with Crippen molar-refractivity contribution in [3.63, 3.8) is 0 Å². The van der Waals surface area contributed by atoms with E-state index in [2.05, 4.69) is 4.18 Å². The number of ether oxygens (including phenoxy) is 1. The minimum absolute atomic E-state index is 0.0489. The molecule has 0 aromatic heterocycles. The molecule has 0 saturated carbocycles. The second-order valence-corrected chi connectivity index (χ2v) is 6.82. The van der Waals surface area contributed by atoms with Crippen LogP contribution in [0.1, 0.15) is 0 Å². The Morgan fingerprint density at radius 1 is 1.35 bits per heavy atom. The first-order valence-electron chi connectivity index (χ1n) is 6.80. The molecule has 2 aliphatic rings. The molecule has 9 nitrogen and oxygen atoms in total. The average molecular weight is 357 g/mol. The SMILES string of the molecule is CS(=O)(=O)OCC1OC(=O)N(F)C1N1CCN(CCF)C(=O)C1. The molecule has 132 valence electrons. The summed E-state index contributed by atoms with van der Waals surface area (Å²) >= 11 is 0. The second-order valence-electron chi connectivity index (χ2n) is 5.18. The van der Waals surface area contributed by atoms with Crippen LogP contribution in [-0.2, 0) is 23.8 Å². The first kappa shape index (κ1) is 17.8. The van der Waals surface area contributed by atoms with Gasteiger partial charge in [-0.25, -0.2) is 9.18 Å². The normalized spacial score (nSPS) is 26.7. The van der Waals surface area contributed by atoms with E-state index < -0.39 is 47.7 Å². The van der Waals surface area contributed by atoms with Crippen LogP contribution < -0.4 is 0 Å². The van der Waals surface area contributed by atoms with Gasteiger partial charge in [0, 0.05) is 19.6 Å². The fraction of sp³-hybridized carbons (Fsp3) is 0.818. The van der Waals surface area contributed by atoms with Gasteiger partial charge in [-0.1, -0.05) is 4.48 Å². The zero-order valence-corrected chi connectivity index (χ0v) is 13.2. The minimum Gasteiger partial charge on any atom is -0.438 e. The second kappa shape index (κ2) is 6.93. The summed E-state index contributed by atoms with van der Waals surface area (Å²) in [6, 6.07) is 0. The van der Waals surface area contributed by atoms with Gasteiger partial charge in [-0.2, -0.15) is 8.42 Å². The molecular weight excluding hydrogens is 340 g/mol. The molecule has 23 heavy (non-hydrogen) atoms. The van der Waals surface area contributed by atoms with Gasteiger partial charge in [0.1, 0.15) is 13.3 Å². The largest absolute Gasteiger partial charge is 0.440 e. The summed E-state index contributed by atoms with van der Waals surface area (Å²) in [5.74, 6) is -0.413. The van der Waals surface area contributed by atoms with Gasteiger partial charge in [0.25, 0.3) is 10.1 Å². The molecule has 0 aromatic rings. The monoisotopic (exact) mass is 357 g/mol. The average Bonchev–Trinajstić information content (AvgIpc) is 2.74. The lowest BCUT2D eigenvalue weighted by Gasteiger charge is -2.38. The van der Waals surface area contributed by atoms with Crippen molar-refractivity contribution < 1.29 is 35.8 Å². The van der Waals surface area contributed by atoms with E-state index in [0.29, 0.717) is 0 Å². The highest BCUT2D eigenvalue weighted by atomic mass is 32.2. The van der Waals surface area contributed by atoms with E-state index in [9.17, 15) is 26.9 Å². The number of hydrogen-bond donors (Lipinski definition) is 0. The summed E-state index contributed by atoms with van der Waals surface area (Å²) < 4.78 is 57.6. The maximum absolute atomic E-state index is 13.9. The van der Waals surface area contributed by atoms with Gasteiger partial charge in [-0.05, 0) is 0 Å². The molecule has 0 N–H and O–H groups in total. The lowest BCUT2D eigenvalue weighted by atomic mass is 10.2. The third-order valence-corrected chi connectivity index (χ3v) is 4.08. The Balaban J connectivity index is 2.05. The number of nitrogens with zero attached hydrogens (tertiary/aromatic N) is 3. The number of carbonyl (C=O) groups excluding carboxylic acids is 2. The van der Waals surface area contributed by atoms with Crippen molar-refractivity contribution in [1.29, 1.82) is 0 Å². The number of hydrogen-bond acceptors (Lipinski definition) is 7. The van der Waals surface area contributed by atoms with Crippen molar-refractivity contribution in [3.05, 3.63) is 0 Å². The van der Waals surface area contributed by atoms with E-state index in [-0.39, 0.29) is 31.3 Å². The highest BCUT2D eigenvalue weighted by molar-refractivity contribution is 7.85. The molecule has 12 heteroatoms. The van der Waals surface area contributed by atoms with Gasteiger partial charge < -0.3 is 9.64 Å². The van der Waals surface area contributed by atoms with Gasteiger partial charge in [0.2, 0.25) is 5.91 Å². The molecule has 0 spiro atoms. The van der Waals surface area contributed by atoms with Crippen molar-refractivity contribution in [2.45, 2.75) is 12.3 Å². The van der Waals surface area contributed by atoms with Gasteiger partial charge in [-0.15, -0.1) is 5.12 Å². The van der Waals surface area contributed by atoms with Gasteiger partial charge in [-0.3, -0.25) is 13.9 Å². The number of cyclic esters (lactones) is 1. The molecule has 2 unspecified atom stereocenters. The molecule has 2 heterocycles. The van der Waals surface area contributed by atoms with Crippen LogP contribution >= 0.6 is 0 Å². The zero-order chi connectivity index (χ0) is 17.2. The zero-order valence-electron chi connectivity index (χ0n) is 12.4. The number of halogens is 2. The van der Waals surface area contributed by atoms with Crippen molar-refractivity contribution in [2.75, 3.05) is 45.7 Å². The fourth-order valence-corrected chi connectivity index (χ4v) is 2.86. The van der Waals surface area contributed by atoms with Crippen molar-refractivity contribution >= 4 is 22.1 Å². The quantitative estimate of drug-likeness (QED) is 0.449. The van der Waals surface area contributed by atoms with Crippen LogP contribution in [0.4, 0.5) is 13.7 Å². The van der Waals surface area contributed by atoms with Crippen LogP contribution in [0.2, 0.25) is 0 Å². The Kier molecular flexibility index (Phi) is 5.37. The molecule has 0 bridgehead atoms. The first-order valence-corrected chi connectivity index (χ1v) is 8.62. The predicted octanol–water partition coefficient (Wildman–Crippen LogP) is -0.892. The number of piperazine rings is 1. The van der Waals surface area contributed by atoms with Crippen LogP contribution in [0.15, 0.2) is 0 Å². The van der Waals surface area contributed by atoms with E-state index in [0.717, 1.165) is 6.26 Å². The van der Waals surface area contributed by atoms with Crippen LogP contribution in [-0.4, -0.2) is 93.3 Å². The molecule has 0 aliphatic carbocycles. The van der Waals surface area contributed by atoms with Crippen molar-refractivity contribution in [2.24, 2.45) is 0 Å². The lowest BCUT2D eigenvalue weighted by Crippen LogP contribution is -2.58. The van der Waals surface area contributed by atoms with Gasteiger partial charge in [0.05, 0.1) is 12.8 Å². The summed E-state index contributed by atoms with van der Waals surface area (Å²) in [5, 5.41) is -0.200. The molecule has 2 aliphatic heterocycles. The maximum Gasteiger partial charge on any atom is 0.440 e. The molecule has 2 amide bonds. The Bertz CT molecular complexity index is 574. The summed E-state index contributed by atoms with van der Waals surface area (Å²) in [5.41, 5.74) is 0. The van der Waals surface area contributed by atoms with Crippen molar-refractivity contribution in [3.8, 4) is 0 Å². The van der Waals surface area contributed by atoms with Crippen LogP contribution in [0.5, 0.6) is 0 Å². The van der Waals surface area contributed by atoms with E-state index in [4.69, 9.17) is 4.74 Å². The molecule has 2 saturated heterocycles. The van der Waals surface area contributed by atoms with Crippen molar-refractivity contribution in [1.82, 2.24) is 14.9 Å². The number of alkyl halides is 1. The summed E-state index contributed by atoms with van der Waals surface area (Å²) in [6.07, 6.45) is -2.95.